The molecule has 1 aromatic rings. The number of alkyl carbamates (subject to hydrolysis) is 1. The summed E-state index contributed by atoms with van der Waals surface area (Å²) in [4.78, 5) is 25.6. The third-order valence-electron chi connectivity index (χ3n) is 5.87. The number of para-hydroxylation sites is 1. The van der Waals surface area contributed by atoms with Crippen LogP contribution in [0.3, 0.4) is 0 Å². The number of nitrogens with zero attached hydrogens (tertiary/aromatic N) is 1. The molecule has 4 atom stereocenters. The average molecular weight is 477 g/mol. The van der Waals surface area contributed by atoms with Crippen molar-refractivity contribution in [2.75, 3.05) is 0 Å². The first-order valence-electron chi connectivity index (χ1n) is 11.8. The van der Waals surface area contributed by atoms with E-state index < -0.39 is 23.6 Å². The second-order valence-corrected chi connectivity index (χ2v) is 9.79. The Hall–Kier alpha value is -3.81. The average Bonchev–Trinajstić information content (AvgIpc) is 3.20. The molecule has 2 amide bonds. The zero-order chi connectivity index (χ0) is 25.0. The molecule has 0 radical (unpaired) electrons. The molecule has 0 bridgehead atoms. The molecular weight excluding hydrogens is 444 g/mol. The molecule has 184 valence electrons. The van der Waals surface area contributed by atoms with Crippen LogP contribution >= 0.6 is 0 Å². The summed E-state index contributed by atoms with van der Waals surface area (Å²) in [6.07, 6.45) is 13.1. The summed E-state index contributed by atoms with van der Waals surface area (Å²) < 4.78 is 11.3. The first-order valence-corrected chi connectivity index (χ1v) is 11.8. The number of nitrogens with one attached hydrogen (secondary N) is 3. The molecule has 1 aliphatic carbocycles. The van der Waals surface area contributed by atoms with E-state index in [0.717, 1.165) is 22.5 Å². The third kappa shape index (κ3) is 6.20. The maximum absolute atomic E-state index is 13.1. The molecule has 3 aliphatic rings. The predicted molar refractivity (Wildman–Crippen MR) is 136 cm³/mol. The Labute approximate surface area is 205 Å². The van der Waals surface area contributed by atoms with Crippen LogP contribution in [0.25, 0.3) is 6.08 Å². The fraction of sp³-hybridized carbons (Fsp3) is 0.370. The molecule has 2 aliphatic heterocycles. The van der Waals surface area contributed by atoms with Crippen LogP contribution in [-0.4, -0.2) is 42.0 Å². The monoisotopic (exact) mass is 476 g/mol. The van der Waals surface area contributed by atoms with E-state index >= 15 is 0 Å². The zero-order valence-electron chi connectivity index (χ0n) is 20.4. The number of hydrogen-bond donors (Lipinski definition) is 3. The quantitative estimate of drug-likeness (QED) is 0.428. The SMILES string of the molecule is CC1Oc2ccccc2C=C1/C=N/NC(=O)[C@@H](CC1=CNC2C=CC=CC12)NC(=O)OC(C)(C)C. The summed E-state index contributed by atoms with van der Waals surface area (Å²) in [6, 6.07) is 7.03. The molecule has 4 rings (SSSR count). The summed E-state index contributed by atoms with van der Waals surface area (Å²) in [5.74, 6) is 0.507. The number of fused-ring (bicyclic) bond motifs is 2. The van der Waals surface area contributed by atoms with E-state index in [1.807, 2.05) is 55.6 Å². The molecule has 0 fully saturated rings. The minimum atomic E-state index is -0.858. The molecule has 35 heavy (non-hydrogen) atoms. The molecule has 0 aromatic heterocycles. The Kier molecular flexibility index (Phi) is 7.10. The Morgan fingerprint density at radius 1 is 1.23 bits per heavy atom. The Bertz CT molecular complexity index is 1130. The largest absolute Gasteiger partial charge is 0.485 e. The normalized spacial score (nSPS) is 23.3. The highest BCUT2D eigenvalue weighted by molar-refractivity contribution is 5.91. The van der Waals surface area contributed by atoms with Gasteiger partial charge in [0.1, 0.15) is 23.5 Å². The van der Waals surface area contributed by atoms with Gasteiger partial charge in [0.2, 0.25) is 0 Å². The molecule has 3 unspecified atom stereocenters. The maximum atomic E-state index is 13.1. The van der Waals surface area contributed by atoms with Gasteiger partial charge in [-0.3, -0.25) is 4.79 Å². The van der Waals surface area contributed by atoms with Gasteiger partial charge in [0.05, 0.1) is 12.3 Å². The Morgan fingerprint density at radius 2 is 2.00 bits per heavy atom. The molecule has 8 nitrogen and oxygen atoms in total. The van der Waals surface area contributed by atoms with Crippen LogP contribution in [0.1, 0.15) is 39.7 Å². The molecule has 0 saturated carbocycles. The van der Waals surface area contributed by atoms with E-state index in [1.165, 1.54) is 0 Å². The number of benzene rings is 1. The standard InChI is InChI=1S/C27H32N4O4/c1-17-19(13-18-9-5-8-12-24(18)34-17)16-29-31-25(32)23(30-26(33)35-27(2,3)4)14-20-15-28-22-11-7-6-10-21(20)22/h5-13,15-17,21-23,28H,14H2,1-4H3,(H,30,33)(H,31,32)/b29-16+/t17?,21?,22?,23-/m1/s1. The number of hydrazone groups is 1. The molecule has 8 heteroatoms. The van der Waals surface area contributed by atoms with Gasteiger partial charge in [-0.15, -0.1) is 0 Å². The first kappa shape index (κ1) is 24.3. The van der Waals surface area contributed by atoms with Crippen LogP contribution < -0.4 is 20.8 Å². The van der Waals surface area contributed by atoms with Crippen molar-refractivity contribution < 1.29 is 19.1 Å². The summed E-state index contributed by atoms with van der Waals surface area (Å²) >= 11 is 0. The number of rotatable bonds is 6. The fourth-order valence-corrected chi connectivity index (χ4v) is 4.16. The minimum Gasteiger partial charge on any atom is -0.485 e. The van der Waals surface area contributed by atoms with E-state index in [0.29, 0.717) is 6.42 Å². The predicted octanol–water partition coefficient (Wildman–Crippen LogP) is 3.83. The van der Waals surface area contributed by atoms with Crippen LogP contribution in [0.4, 0.5) is 4.79 Å². The second kappa shape index (κ2) is 10.2. The lowest BCUT2D eigenvalue weighted by molar-refractivity contribution is -0.123. The van der Waals surface area contributed by atoms with Crippen molar-refractivity contribution in [2.45, 2.75) is 57.9 Å². The number of amides is 2. The van der Waals surface area contributed by atoms with Gasteiger partial charge in [-0.25, -0.2) is 10.2 Å². The number of allylic oxidation sites excluding steroid dienone is 2. The van der Waals surface area contributed by atoms with Crippen LogP contribution in [0.15, 0.2) is 71.0 Å². The van der Waals surface area contributed by atoms with Crippen LogP contribution in [-0.2, 0) is 9.53 Å². The summed E-state index contributed by atoms with van der Waals surface area (Å²) in [6.45, 7) is 7.25. The van der Waals surface area contributed by atoms with Gasteiger partial charge in [0, 0.05) is 23.5 Å². The van der Waals surface area contributed by atoms with Gasteiger partial charge in [0.25, 0.3) is 5.91 Å². The van der Waals surface area contributed by atoms with Gasteiger partial charge in [-0.05, 0) is 51.6 Å². The van der Waals surface area contributed by atoms with E-state index in [-0.39, 0.29) is 18.1 Å². The fourth-order valence-electron chi connectivity index (χ4n) is 4.16. The highest BCUT2D eigenvalue weighted by Gasteiger charge is 2.32. The van der Waals surface area contributed by atoms with Crippen molar-refractivity contribution in [2.24, 2.45) is 11.0 Å². The number of carbonyl (C=O) groups is 2. The third-order valence-corrected chi connectivity index (χ3v) is 5.87. The molecule has 2 heterocycles. The number of carbonyl (C=O) groups excluding carboxylic acids is 2. The second-order valence-electron chi connectivity index (χ2n) is 9.79. The van der Waals surface area contributed by atoms with E-state index in [2.05, 4.69) is 33.3 Å². The zero-order valence-corrected chi connectivity index (χ0v) is 20.4. The maximum Gasteiger partial charge on any atom is 0.408 e. The van der Waals surface area contributed by atoms with E-state index in [4.69, 9.17) is 9.47 Å². The van der Waals surface area contributed by atoms with Crippen molar-refractivity contribution in [3.05, 3.63) is 71.5 Å². The van der Waals surface area contributed by atoms with Crippen molar-refractivity contribution in [3.63, 3.8) is 0 Å². The first-order chi connectivity index (χ1) is 16.7. The van der Waals surface area contributed by atoms with Crippen LogP contribution in [0.2, 0.25) is 0 Å². The van der Waals surface area contributed by atoms with Crippen molar-refractivity contribution in [3.8, 4) is 5.75 Å². The van der Waals surface area contributed by atoms with Gasteiger partial charge >= 0.3 is 6.09 Å². The molecular formula is C27H32N4O4. The van der Waals surface area contributed by atoms with Crippen molar-refractivity contribution >= 4 is 24.3 Å². The lowest BCUT2D eigenvalue weighted by Gasteiger charge is -2.25. The van der Waals surface area contributed by atoms with Crippen LogP contribution in [0, 0.1) is 5.92 Å². The summed E-state index contributed by atoms with van der Waals surface area (Å²) in [5.41, 5.74) is 4.69. The number of hydrogen-bond acceptors (Lipinski definition) is 6. The summed E-state index contributed by atoms with van der Waals surface area (Å²) in [7, 11) is 0. The van der Waals surface area contributed by atoms with Crippen molar-refractivity contribution in [1.29, 1.82) is 0 Å². The molecule has 0 saturated heterocycles. The Balaban J connectivity index is 1.44. The minimum absolute atomic E-state index is 0.129. The van der Waals surface area contributed by atoms with E-state index in [1.54, 1.807) is 27.0 Å². The number of ether oxygens (including phenoxy) is 2. The highest BCUT2D eigenvalue weighted by Crippen LogP contribution is 2.30. The molecule has 3 N–H and O–H groups in total. The van der Waals surface area contributed by atoms with Crippen molar-refractivity contribution in [1.82, 2.24) is 16.1 Å². The van der Waals surface area contributed by atoms with E-state index in [9.17, 15) is 9.59 Å². The molecule has 0 spiro atoms. The lowest BCUT2D eigenvalue weighted by atomic mass is 9.88. The topological polar surface area (TPSA) is 101 Å². The molecule has 1 aromatic carbocycles. The van der Waals surface area contributed by atoms with Gasteiger partial charge in [-0.1, -0.05) is 42.5 Å². The Morgan fingerprint density at radius 3 is 2.80 bits per heavy atom. The van der Waals surface area contributed by atoms with Gasteiger partial charge in [0.15, 0.2) is 0 Å². The van der Waals surface area contributed by atoms with Crippen LogP contribution in [0.5, 0.6) is 5.75 Å². The van der Waals surface area contributed by atoms with Gasteiger partial charge < -0.3 is 20.1 Å². The van der Waals surface area contributed by atoms with Gasteiger partial charge in [-0.2, -0.15) is 5.10 Å². The lowest BCUT2D eigenvalue weighted by Crippen LogP contribution is -2.47. The highest BCUT2D eigenvalue weighted by atomic mass is 16.6. The summed E-state index contributed by atoms with van der Waals surface area (Å²) in [5, 5.41) is 10.2. The smallest absolute Gasteiger partial charge is 0.408 e.